The highest BCUT2D eigenvalue weighted by molar-refractivity contribution is 9.10. The van der Waals surface area contributed by atoms with Gasteiger partial charge >= 0.3 is 0 Å². The first-order chi connectivity index (χ1) is 9.65. The Kier molecular flexibility index (Phi) is 4.31. The average Bonchev–Trinajstić information content (AvgIpc) is 2.37. The zero-order valence-electron chi connectivity index (χ0n) is 11.1. The minimum absolute atomic E-state index is 0.0833. The summed E-state index contributed by atoms with van der Waals surface area (Å²) in [6.45, 7) is 5.68. The average molecular weight is 359 g/mol. The van der Waals surface area contributed by atoms with Crippen LogP contribution in [0.15, 0.2) is 22.7 Å². The van der Waals surface area contributed by atoms with Crippen LogP contribution < -0.4 is 5.32 Å². The second-order valence-electron chi connectivity index (χ2n) is 5.26. The van der Waals surface area contributed by atoms with Gasteiger partial charge in [0.1, 0.15) is 0 Å². The molecule has 108 valence electrons. The summed E-state index contributed by atoms with van der Waals surface area (Å²) in [6.07, 6.45) is 0. The van der Waals surface area contributed by atoms with Gasteiger partial charge in [-0.2, -0.15) is 0 Å². The lowest BCUT2D eigenvalue weighted by molar-refractivity contribution is 0.0501. The summed E-state index contributed by atoms with van der Waals surface area (Å²) in [7, 11) is 0. The molecule has 2 heterocycles. The Morgan fingerprint density at radius 2 is 1.95 bits per heavy atom. The third kappa shape index (κ3) is 2.86. The molecule has 2 saturated heterocycles. The summed E-state index contributed by atoms with van der Waals surface area (Å²) in [5.41, 5.74) is 0.688. The zero-order chi connectivity index (χ0) is 14.1. The van der Waals surface area contributed by atoms with E-state index in [2.05, 4.69) is 26.1 Å². The molecule has 2 aliphatic rings. The summed E-state index contributed by atoms with van der Waals surface area (Å²) in [4.78, 5) is 16.9. The fourth-order valence-corrected chi connectivity index (χ4v) is 3.51. The second-order valence-corrected chi connectivity index (χ2v) is 6.56. The Hall–Kier alpha value is -0.620. The number of amides is 1. The van der Waals surface area contributed by atoms with Crippen LogP contribution in [-0.4, -0.2) is 61.0 Å². The molecule has 2 fully saturated rings. The Morgan fingerprint density at radius 1 is 1.25 bits per heavy atom. The molecule has 0 unspecified atom stereocenters. The van der Waals surface area contributed by atoms with E-state index in [1.807, 2.05) is 4.90 Å². The van der Waals surface area contributed by atoms with Gasteiger partial charge < -0.3 is 10.2 Å². The standard InChI is InChI=1S/C14H17BrClN3O/c15-13-7-10(16)1-2-12(13)14(20)19-5-3-18(4-6-19)11-8-17-9-11/h1-2,7,11,17H,3-6,8-9H2. The molecule has 4 nitrogen and oxygen atoms in total. The summed E-state index contributed by atoms with van der Waals surface area (Å²) < 4.78 is 0.764. The van der Waals surface area contributed by atoms with Crippen LogP contribution in [0.2, 0.25) is 5.02 Å². The van der Waals surface area contributed by atoms with Gasteiger partial charge in [-0.25, -0.2) is 0 Å². The Labute approximate surface area is 132 Å². The lowest BCUT2D eigenvalue weighted by atomic mass is 10.1. The highest BCUT2D eigenvalue weighted by atomic mass is 79.9. The van der Waals surface area contributed by atoms with Crippen molar-refractivity contribution in [2.24, 2.45) is 0 Å². The van der Waals surface area contributed by atoms with E-state index in [0.29, 0.717) is 16.6 Å². The highest BCUT2D eigenvalue weighted by Crippen LogP contribution is 2.23. The molecular weight excluding hydrogens is 342 g/mol. The molecular formula is C14H17BrClN3O. The Morgan fingerprint density at radius 3 is 2.50 bits per heavy atom. The van der Waals surface area contributed by atoms with E-state index in [1.54, 1.807) is 18.2 Å². The number of carbonyl (C=O) groups is 1. The van der Waals surface area contributed by atoms with Crippen LogP contribution in [0.25, 0.3) is 0 Å². The molecule has 1 aromatic carbocycles. The van der Waals surface area contributed by atoms with Gasteiger partial charge in [0.05, 0.1) is 5.56 Å². The molecule has 6 heteroatoms. The SMILES string of the molecule is O=C(c1ccc(Cl)cc1Br)N1CCN(C2CNC2)CC1. The van der Waals surface area contributed by atoms with Crippen molar-refractivity contribution in [3.8, 4) is 0 Å². The molecule has 0 aliphatic carbocycles. The van der Waals surface area contributed by atoms with Crippen molar-refractivity contribution in [1.29, 1.82) is 0 Å². The zero-order valence-corrected chi connectivity index (χ0v) is 13.5. The van der Waals surface area contributed by atoms with Gasteiger partial charge in [0, 0.05) is 54.8 Å². The maximum Gasteiger partial charge on any atom is 0.255 e. The quantitative estimate of drug-likeness (QED) is 0.876. The minimum atomic E-state index is 0.0833. The molecule has 2 aliphatic heterocycles. The van der Waals surface area contributed by atoms with Crippen LogP contribution in [0.4, 0.5) is 0 Å². The van der Waals surface area contributed by atoms with E-state index in [4.69, 9.17) is 11.6 Å². The number of nitrogens with one attached hydrogen (secondary N) is 1. The van der Waals surface area contributed by atoms with Crippen molar-refractivity contribution < 1.29 is 4.79 Å². The van der Waals surface area contributed by atoms with Crippen LogP contribution in [0.5, 0.6) is 0 Å². The maximum atomic E-state index is 12.5. The highest BCUT2D eigenvalue weighted by Gasteiger charge is 2.29. The lowest BCUT2D eigenvalue weighted by Crippen LogP contribution is -2.62. The summed E-state index contributed by atoms with van der Waals surface area (Å²) in [5, 5.41) is 3.93. The van der Waals surface area contributed by atoms with Gasteiger partial charge in [-0.15, -0.1) is 0 Å². The Balaban J connectivity index is 1.63. The maximum absolute atomic E-state index is 12.5. The van der Waals surface area contributed by atoms with Crippen molar-refractivity contribution >= 4 is 33.4 Å². The number of piperazine rings is 1. The third-order valence-corrected chi connectivity index (χ3v) is 4.93. The topological polar surface area (TPSA) is 35.6 Å². The second kappa shape index (κ2) is 6.02. The van der Waals surface area contributed by atoms with Gasteiger partial charge in [0.25, 0.3) is 5.91 Å². The molecule has 20 heavy (non-hydrogen) atoms. The fourth-order valence-electron chi connectivity index (χ4n) is 2.66. The third-order valence-electron chi connectivity index (χ3n) is 4.04. The molecule has 1 amide bonds. The van der Waals surface area contributed by atoms with E-state index >= 15 is 0 Å². The summed E-state index contributed by atoms with van der Waals surface area (Å²) >= 11 is 9.34. The molecule has 3 rings (SSSR count). The van der Waals surface area contributed by atoms with E-state index in [1.165, 1.54) is 0 Å². The Bertz CT molecular complexity index is 513. The smallest absolute Gasteiger partial charge is 0.255 e. The number of nitrogens with zero attached hydrogens (tertiary/aromatic N) is 2. The molecule has 0 spiro atoms. The fraction of sp³-hybridized carbons (Fsp3) is 0.500. The van der Waals surface area contributed by atoms with Crippen LogP contribution in [0.3, 0.4) is 0 Å². The molecule has 0 bridgehead atoms. The molecule has 1 N–H and O–H groups in total. The van der Waals surface area contributed by atoms with E-state index < -0.39 is 0 Å². The van der Waals surface area contributed by atoms with Gasteiger partial charge in [-0.1, -0.05) is 11.6 Å². The molecule has 0 aromatic heterocycles. The van der Waals surface area contributed by atoms with Crippen molar-refractivity contribution in [2.75, 3.05) is 39.3 Å². The first kappa shape index (κ1) is 14.3. The van der Waals surface area contributed by atoms with E-state index in [9.17, 15) is 4.79 Å². The van der Waals surface area contributed by atoms with Crippen LogP contribution in [0.1, 0.15) is 10.4 Å². The number of rotatable bonds is 2. The van der Waals surface area contributed by atoms with Crippen LogP contribution in [0, 0.1) is 0 Å². The van der Waals surface area contributed by atoms with Crippen molar-refractivity contribution in [3.05, 3.63) is 33.3 Å². The monoisotopic (exact) mass is 357 g/mol. The van der Waals surface area contributed by atoms with Gasteiger partial charge in [-0.3, -0.25) is 9.69 Å². The first-order valence-corrected chi connectivity index (χ1v) is 8.01. The summed E-state index contributed by atoms with van der Waals surface area (Å²) in [6, 6.07) is 5.98. The van der Waals surface area contributed by atoms with Crippen LogP contribution in [-0.2, 0) is 0 Å². The van der Waals surface area contributed by atoms with Crippen molar-refractivity contribution in [1.82, 2.24) is 15.1 Å². The predicted octanol–water partition coefficient (Wildman–Crippen LogP) is 1.83. The number of halogens is 2. The number of carbonyl (C=O) groups excluding carboxylic acids is 1. The van der Waals surface area contributed by atoms with E-state index in [0.717, 1.165) is 43.7 Å². The van der Waals surface area contributed by atoms with Crippen LogP contribution >= 0.6 is 27.5 Å². The number of hydrogen-bond acceptors (Lipinski definition) is 3. The predicted molar refractivity (Wildman–Crippen MR) is 83.3 cm³/mol. The van der Waals surface area contributed by atoms with Gasteiger partial charge in [-0.05, 0) is 34.1 Å². The molecule has 0 saturated carbocycles. The van der Waals surface area contributed by atoms with Crippen molar-refractivity contribution in [2.45, 2.75) is 6.04 Å². The van der Waals surface area contributed by atoms with Gasteiger partial charge in [0.15, 0.2) is 0 Å². The first-order valence-electron chi connectivity index (χ1n) is 6.84. The van der Waals surface area contributed by atoms with Crippen molar-refractivity contribution in [3.63, 3.8) is 0 Å². The normalized spacial score (nSPS) is 20.8. The van der Waals surface area contributed by atoms with E-state index in [-0.39, 0.29) is 5.91 Å². The number of hydrogen-bond donors (Lipinski definition) is 1. The number of benzene rings is 1. The van der Waals surface area contributed by atoms with Gasteiger partial charge in [0.2, 0.25) is 0 Å². The molecule has 1 aromatic rings. The summed E-state index contributed by atoms with van der Waals surface area (Å²) in [5.74, 6) is 0.0833. The lowest BCUT2D eigenvalue weighted by Gasteiger charge is -2.43. The minimum Gasteiger partial charge on any atom is -0.336 e. The molecule has 0 radical (unpaired) electrons. The largest absolute Gasteiger partial charge is 0.336 e. The molecule has 0 atom stereocenters.